The van der Waals surface area contributed by atoms with Crippen LogP contribution in [0.25, 0.3) is 5.57 Å². The number of benzene rings is 1. The largest absolute Gasteiger partial charge is 0.0881 e. The van der Waals surface area contributed by atoms with Gasteiger partial charge >= 0.3 is 0 Å². The first-order chi connectivity index (χ1) is 7.18. The number of allylic oxidation sites excluding steroid dienone is 4. The predicted octanol–water partition coefficient (Wildman–Crippen LogP) is 5.02. The minimum atomic E-state index is 0.680. The second kappa shape index (κ2) is 4.61. The molecule has 0 nitrogen and oxygen atoms in total. The van der Waals surface area contributed by atoms with E-state index in [1.165, 1.54) is 0 Å². The van der Waals surface area contributed by atoms with Crippen LogP contribution in [0.2, 0.25) is 5.02 Å². The minimum Gasteiger partial charge on any atom is -0.0881 e. The number of rotatable bonds is 1. The fraction of sp³-hybridized carbons (Fsp3) is 0.0833. The van der Waals surface area contributed by atoms with Gasteiger partial charge in [-0.1, -0.05) is 53.0 Å². The molecule has 0 aliphatic heterocycles. The first-order valence-electron chi connectivity index (χ1n) is 4.53. The Labute approximate surface area is 104 Å². The van der Waals surface area contributed by atoms with Crippen LogP contribution in [-0.4, -0.2) is 0 Å². The molecule has 0 saturated carbocycles. The zero-order chi connectivity index (χ0) is 10.8. The normalized spacial score (nSPS) is 16.6. The molecule has 1 aliphatic carbocycles. The highest BCUT2D eigenvalue weighted by atomic mass is 35.5. The van der Waals surface area contributed by atoms with Gasteiger partial charge in [-0.15, -0.1) is 0 Å². The molecule has 0 spiro atoms. The molecule has 0 bridgehead atoms. The second-order valence-electron chi connectivity index (χ2n) is 3.23. The highest BCUT2D eigenvalue weighted by Gasteiger charge is 2.15. The lowest BCUT2D eigenvalue weighted by Crippen LogP contribution is -1.94. The summed E-state index contributed by atoms with van der Waals surface area (Å²) in [6, 6.07) is 7.50. The van der Waals surface area contributed by atoms with E-state index in [1.54, 1.807) is 0 Å². The van der Waals surface area contributed by atoms with Gasteiger partial charge in [0.25, 0.3) is 0 Å². The Bertz CT molecular complexity index is 444. The molecule has 1 aromatic carbocycles. The van der Waals surface area contributed by atoms with Crippen molar-refractivity contribution >= 4 is 40.4 Å². The van der Waals surface area contributed by atoms with Gasteiger partial charge in [0.05, 0.1) is 0 Å². The minimum absolute atomic E-state index is 0.680. The van der Waals surface area contributed by atoms with Gasteiger partial charge in [0, 0.05) is 27.1 Å². The van der Waals surface area contributed by atoms with Gasteiger partial charge in [-0.05, 0) is 24.1 Å². The molecule has 1 aromatic rings. The van der Waals surface area contributed by atoms with Crippen LogP contribution < -0.4 is 0 Å². The number of halogens is 3. The van der Waals surface area contributed by atoms with E-state index in [1.807, 2.05) is 36.8 Å². The molecule has 0 aromatic heterocycles. The lowest BCUT2D eigenvalue weighted by atomic mass is 9.99. The quantitative estimate of drug-likeness (QED) is 0.663. The molecule has 77 valence electrons. The van der Waals surface area contributed by atoms with Crippen molar-refractivity contribution in [3.8, 4) is 0 Å². The zero-order valence-corrected chi connectivity index (χ0v) is 10.1. The average molecular weight is 259 g/mol. The fourth-order valence-electron chi connectivity index (χ4n) is 1.50. The smallest absolute Gasteiger partial charge is 0.0456 e. The van der Waals surface area contributed by atoms with Gasteiger partial charge in [0.2, 0.25) is 0 Å². The van der Waals surface area contributed by atoms with Crippen molar-refractivity contribution in [2.75, 3.05) is 0 Å². The SMILES string of the molecule is ClC1=CC[CH]C(Cl)=C1c1cccc(Cl)c1. The summed E-state index contributed by atoms with van der Waals surface area (Å²) >= 11 is 18.2. The van der Waals surface area contributed by atoms with E-state index < -0.39 is 0 Å². The summed E-state index contributed by atoms with van der Waals surface area (Å²) in [5.41, 5.74) is 1.80. The van der Waals surface area contributed by atoms with E-state index >= 15 is 0 Å². The maximum atomic E-state index is 6.12. The van der Waals surface area contributed by atoms with Crippen LogP contribution in [0.15, 0.2) is 40.4 Å². The van der Waals surface area contributed by atoms with E-state index in [4.69, 9.17) is 34.8 Å². The summed E-state index contributed by atoms with van der Waals surface area (Å²) in [5, 5.41) is 2.05. The molecule has 0 atom stereocenters. The van der Waals surface area contributed by atoms with Crippen LogP contribution in [-0.2, 0) is 0 Å². The van der Waals surface area contributed by atoms with Crippen molar-refractivity contribution in [2.45, 2.75) is 6.42 Å². The Kier molecular flexibility index (Phi) is 3.40. The van der Waals surface area contributed by atoms with Crippen molar-refractivity contribution in [1.82, 2.24) is 0 Å². The van der Waals surface area contributed by atoms with E-state index in [9.17, 15) is 0 Å². The lowest BCUT2D eigenvalue weighted by Gasteiger charge is -2.14. The van der Waals surface area contributed by atoms with E-state index in [0.717, 1.165) is 17.6 Å². The van der Waals surface area contributed by atoms with Gasteiger partial charge in [0.15, 0.2) is 0 Å². The highest BCUT2D eigenvalue weighted by molar-refractivity contribution is 6.43. The molecule has 15 heavy (non-hydrogen) atoms. The predicted molar refractivity (Wildman–Crippen MR) is 67.1 cm³/mol. The Morgan fingerprint density at radius 1 is 1.07 bits per heavy atom. The monoisotopic (exact) mass is 257 g/mol. The molecule has 0 amide bonds. The molecule has 0 saturated heterocycles. The molecular formula is C12H8Cl3. The van der Waals surface area contributed by atoms with Crippen molar-refractivity contribution < 1.29 is 0 Å². The molecular weight excluding hydrogens is 250 g/mol. The molecule has 0 unspecified atom stereocenters. The average Bonchev–Trinajstić information content (AvgIpc) is 2.17. The highest BCUT2D eigenvalue weighted by Crippen LogP contribution is 2.37. The van der Waals surface area contributed by atoms with Gasteiger partial charge in [-0.3, -0.25) is 0 Å². The Morgan fingerprint density at radius 3 is 2.53 bits per heavy atom. The van der Waals surface area contributed by atoms with Crippen molar-refractivity contribution in [2.24, 2.45) is 0 Å². The molecule has 1 radical (unpaired) electrons. The third-order valence-corrected chi connectivity index (χ3v) is 3.11. The van der Waals surface area contributed by atoms with Crippen LogP contribution in [0, 0.1) is 6.42 Å². The zero-order valence-electron chi connectivity index (χ0n) is 7.81. The third-order valence-electron chi connectivity index (χ3n) is 2.19. The molecule has 0 N–H and O–H groups in total. The lowest BCUT2D eigenvalue weighted by molar-refractivity contribution is 1.24. The topological polar surface area (TPSA) is 0 Å². The number of hydrogen-bond acceptors (Lipinski definition) is 0. The van der Waals surface area contributed by atoms with E-state index in [2.05, 4.69) is 0 Å². The van der Waals surface area contributed by atoms with Crippen LogP contribution in [0.1, 0.15) is 12.0 Å². The first-order valence-corrected chi connectivity index (χ1v) is 5.67. The van der Waals surface area contributed by atoms with Crippen molar-refractivity contribution in [3.05, 3.63) is 57.4 Å². The number of hydrogen-bond donors (Lipinski definition) is 0. The summed E-state index contributed by atoms with van der Waals surface area (Å²) in [6.45, 7) is 0. The van der Waals surface area contributed by atoms with Crippen molar-refractivity contribution in [1.29, 1.82) is 0 Å². The molecule has 0 heterocycles. The summed E-state index contributed by atoms with van der Waals surface area (Å²) in [5.74, 6) is 0. The Hall–Kier alpha value is -0.430. The Balaban J connectivity index is 2.50. The van der Waals surface area contributed by atoms with Crippen molar-refractivity contribution in [3.63, 3.8) is 0 Å². The van der Waals surface area contributed by atoms with E-state index in [-0.39, 0.29) is 0 Å². The van der Waals surface area contributed by atoms with Gasteiger partial charge in [0.1, 0.15) is 0 Å². The molecule has 0 fully saturated rings. The maximum absolute atomic E-state index is 6.12. The third kappa shape index (κ3) is 2.39. The fourth-order valence-corrected chi connectivity index (χ4v) is 2.34. The Morgan fingerprint density at radius 2 is 1.87 bits per heavy atom. The standard InChI is InChI=1S/C12H8Cl3/c13-9-4-1-3-8(7-9)12-10(14)5-2-6-11(12)15/h1,3-7H,2H2. The molecule has 3 heteroatoms. The van der Waals surface area contributed by atoms with Crippen LogP contribution >= 0.6 is 34.8 Å². The summed E-state index contributed by atoms with van der Waals surface area (Å²) in [4.78, 5) is 0. The summed E-state index contributed by atoms with van der Waals surface area (Å²) in [7, 11) is 0. The molecule has 2 rings (SSSR count). The summed E-state index contributed by atoms with van der Waals surface area (Å²) < 4.78 is 0. The van der Waals surface area contributed by atoms with Crippen LogP contribution in [0.4, 0.5) is 0 Å². The summed E-state index contributed by atoms with van der Waals surface area (Å²) in [6.07, 6.45) is 4.65. The van der Waals surface area contributed by atoms with Crippen LogP contribution in [0.3, 0.4) is 0 Å². The van der Waals surface area contributed by atoms with E-state index in [0.29, 0.717) is 15.1 Å². The van der Waals surface area contributed by atoms with Gasteiger partial charge in [-0.2, -0.15) is 0 Å². The molecule has 1 aliphatic rings. The maximum Gasteiger partial charge on any atom is 0.0456 e. The second-order valence-corrected chi connectivity index (χ2v) is 4.48. The van der Waals surface area contributed by atoms with Gasteiger partial charge in [-0.25, -0.2) is 0 Å². The first kappa shape index (κ1) is 11.1. The van der Waals surface area contributed by atoms with Crippen LogP contribution in [0.5, 0.6) is 0 Å². The van der Waals surface area contributed by atoms with Gasteiger partial charge < -0.3 is 0 Å².